The molecule has 2 saturated heterocycles. The summed E-state index contributed by atoms with van der Waals surface area (Å²) >= 11 is 12.5. The average Bonchev–Trinajstić information content (AvgIpc) is 3.42. The first-order valence-electron chi connectivity index (χ1n) is 14.1. The summed E-state index contributed by atoms with van der Waals surface area (Å²) in [6, 6.07) is 23.4. The Kier molecular flexibility index (Phi) is 5.66. The monoisotopic (exact) mass is 594 g/mol. The second-order valence-electron chi connectivity index (χ2n) is 11.7. The number of hydrogen-bond donors (Lipinski definition) is 0. The number of fused-ring (bicyclic) bond motifs is 1. The zero-order valence-electron chi connectivity index (χ0n) is 22.2. The van der Waals surface area contributed by atoms with Crippen LogP contribution in [0.5, 0.6) is 0 Å². The number of nitrogens with zero attached hydrogens (tertiary/aromatic N) is 2. The summed E-state index contributed by atoms with van der Waals surface area (Å²) < 4.78 is 0. The molecule has 4 aliphatic carbocycles. The minimum Gasteiger partial charge on any atom is -0.274 e. The lowest BCUT2D eigenvalue weighted by molar-refractivity contribution is -0.129. The predicted octanol–water partition coefficient (Wildman–Crippen LogP) is 6.19. The molecule has 42 heavy (non-hydrogen) atoms. The molecule has 0 aromatic heterocycles. The fraction of sp³-hybridized carbons (Fsp3) is 0.235. The van der Waals surface area contributed by atoms with E-state index in [9.17, 15) is 19.2 Å². The van der Waals surface area contributed by atoms with Crippen molar-refractivity contribution in [3.05, 3.63) is 112 Å². The SMILES string of the molecule is O=C1[C@H]2[C@@H]3C=C[C@H](C4=C(c5ccccc5)C[C@H]5C(=O)N(c6cccc(Cl)c6)C(=O)[C@H]5[C@@H]43)[C@H]2C(=O)N1c1cccc(Cl)c1. The third-order valence-electron chi connectivity index (χ3n) is 9.76. The van der Waals surface area contributed by atoms with Crippen LogP contribution in [0, 0.1) is 41.4 Å². The van der Waals surface area contributed by atoms with Gasteiger partial charge in [0.25, 0.3) is 0 Å². The summed E-state index contributed by atoms with van der Waals surface area (Å²) in [5.41, 5.74) is 3.87. The number of halogens is 2. The van der Waals surface area contributed by atoms with E-state index < -0.39 is 29.6 Å². The van der Waals surface area contributed by atoms with Crippen molar-refractivity contribution in [2.75, 3.05) is 9.80 Å². The van der Waals surface area contributed by atoms with Gasteiger partial charge < -0.3 is 0 Å². The fourth-order valence-electron chi connectivity index (χ4n) is 8.26. The molecule has 3 aromatic carbocycles. The highest BCUT2D eigenvalue weighted by atomic mass is 35.5. The highest BCUT2D eigenvalue weighted by molar-refractivity contribution is 6.32. The lowest BCUT2D eigenvalue weighted by atomic mass is 9.49. The molecule has 0 spiro atoms. The van der Waals surface area contributed by atoms with Gasteiger partial charge in [-0.3, -0.25) is 19.2 Å². The molecule has 6 aliphatic rings. The van der Waals surface area contributed by atoms with Crippen LogP contribution in [0.25, 0.3) is 5.57 Å². The van der Waals surface area contributed by atoms with Gasteiger partial charge in [-0.2, -0.15) is 0 Å². The van der Waals surface area contributed by atoms with E-state index in [4.69, 9.17) is 23.2 Å². The second-order valence-corrected chi connectivity index (χ2v) is 12.6. The van der Waals surface area contributed by atoms with Crippen LogP contribution >= 0.6 is 23.2 Å². The third-order valence-corrected chi connectivity index (χ3v) is 10.2. The maximum Gasteiger partial charge on any atom is 0.238 e. The van der Waals surface area contributed by atoms with Crippen molar-refractivity contribution in [3.8, 4) is 0 Å². The number of allylic oxidation sites excluding steroid dienone is 4. The Balaban J connectivity index is 1.29. The van der Waals surface area contributed by atoms with Crippen LogP contribution in [-0.4, -0.2) is 23.6 Å². The van der Waals surface area contributed by atoms with Crippen LogP contribution in [-0.2, 0) is 19.2 Å². The molecule has 2 aliphatic heterocycles. The molecule has 0 unspecified atom stereocenters. The van der Waals surface area contributed by atoms with E-state index in [1.807, 2.05) is 42.5 Å². The van der Waals surface area contributed by atoms with Gasteiger partial charge in [0, 0.05) is 21.9 Å². The Morgan fingerprint density at radius 2 is 1.19 bits per heavy atom. The maximum atomic E-state index is 14.2. The molecule has 208 valence electrons. The van der Waals surface area contributed by atoms with E-state index in [2.05, 4.69) is 0 Å². The Morgan fingerprint density at radius 1 is 0.595 bits per heavy atom. The van der Waals surface area contributed by atoms with Gasteiger partial charge in [0.15, 0.2) is 0 Å². The molecular weight excluding hydrogens is 571 g/mol. The molecule has 3 fully saturated rings. The minimum absolute atomic E-state index is 0.249. The third kappa shape index (κ3) is 3.45. The number of anilines is 2. The largest absolute Gasteiger partial charge is 0.274 e. The van der Waals surface area contributed by atoms with Crippen molar-refractivity contribution in [2.45, 2.75) is 6.42 Å². The smallest absolute Gasteiger partial charge is 0.238 e. The van der Waals surface area contributed by atoms with E-state index in [1.54, 1.807) is 48.5 Å². The quantitative estimate of drug-likeness (QED) is 0.267. The van der Waals surface area contributed by atoms with Gasteiger partial charge in [-0.25, -0.2) is 9.80 Å². The molecular formula is C34H24Cl2N2O4. The summed E-state index contributed by atoms with van der Waals surface area (Å²) in [5.74, 6) is -4.63. The first-order valence-corrected chi connectivity index (χ1v) is 14.8. The average molecular weight is 595 g/mol. The first kappa shape index (κ1) is 25.7. The second kappa shape index (κ2) is 9.25. The minimum atomic E-state index is -0.638. The Hall–Kier alpha value is -4.00. The normalized spacial score (nSPS) is 31.1. The number of carbonyl (C=O) groups is 4. The molecule has 3 aromatic rings. The zero-order chi connectivity index (χ0) is 28.9. The molecule has 2 bridgehead atoms. The number of carbonyl (C=O) groups excluding carboxylic acids is 4. The van der Waals surface area contributed by atoms with Gasteiger partial charge in [-0.15, -0.1) is 0 Å². The van der Waals surface area contributed by atoms with Gasteiger partial charge in [-0.05, 0) is 59.9 Å². The topological polar surface area (TPSA) is 74.8 Å². The van der Waals surface area contributed by atoms with Crippen LogP contribution in [0.2, 0.25) is 10.0 Å². The van der Waals surface area contributed by atoms with Crippen molar-refractivity contribution < 1.29 is 19.2 Å². The Morgan fingerprint density at radius 3 is 1.83 bits per heavy atom. The number of rotatable bonds is 3. The molecule has 8 heteroatoms. The van der Waals surface area contributed by atoms with Crippen LogP contribution in [0.15, 0.2) is 96.6 Å². The molecule has 0 N–H and O–H groups in total. The lowest BCUT2D eigenvalue weighted by Crippen LogP contribution is -2.51. The summed E-state index contributed by atoms with van der Waals surface area (Å²) in [4.78, 5) is 58.9. The zero-order valence-corrected chi connectivity index (χ0v) is 23.7. The van der Waals surface area contributed by atoms with E-state index >= 15 is 0 Å². The van der Waals surface area contributed by atoms with Crippen molar-refractivity contribution in [1.82, 2.24) is 0 Å². The Bertz CT molecular complexity index is 1780. The molecule has 9 rings (SSSR count). The van der Waals surface area contributed by atoms with E-state index in [0.29, 0.717) is 27.8 Å². The van der Waals surface area contributed by atoms with Gasteiger partial charge in [0.05, 0.1) is 35.0 Å². The van der Waals surface area contributed by atoms with Gasteiger partial charge in [0.2, 0.25) is 23.6 Å². The number of imide groups is 2. The predicted molar refractivity (Wildman–Crippen MR) is 159 cm³/mol. The molecule has 6 nitrogen and oxygen atoms in total. The van der Waals surface area contributed by atoms with Crippen LogP contribution in [0.4, 0.5) is 11.4 Å². The highest BCUT2D eigenvalue weighted by Gasteiger charge is 2.67. The van der Waals surface area contributed by atoms with Crippen LogP contribution in [0.3, 0.4) is 0 Å². The van der Waals surface area contributed by atoms with Gasteiger partial charge in [-0.1, -0.05) is 83.4 Å². The fourth-order valence-corrected chi connectivity index (χ4v) is 8.62. The molecule has 4 amide bonds. The summed E-state index contributed by atoms with van der Waals surface area (Å²) in [6.07, 6.45) is 4.44. The molecule has 2 heterocycles. The summed E-state index contributed by atoms with van der Waals surface area (Å²) in [7, 11) is 0. The summed E-state index contributed by atoms with van der Waals surface area (Å²) in [5, 5.41) is 0.872. The first-order chi connectivity index (χ1) is 20.3. The number of amides is 4. The van der Waals surface area contributed by atoms with Crippen molar-refractivity contribution in [1.29, 1.82) is 0 Å². The van der Waals surface area contributed by atoms with E-state index in [0.717, 1.165) is 16.7 Å². The molecule has 0 radical (unpaired) electrons. The van der Waals surface area contributed by atoms with Crippen molar-refractivity contribution >= 4 is 63.8 Å². The van der Waals surface area contributed by atoms with Crippen LogP contribution < -0.4 is 9.80 Å². The van der Waals surface area contributed by atoms with Crippen LogP contribution in [0.1, 0.15) is 12.0 Å². The van der Waals surface area contributed by atoms with E-state index in [-0.39, 0.29) is 35.5 Å². The maximum absolute atomic E-state index is 14.2. The van der Waals surface area contributed by atoms with Crippen molar-refractivity contribution in [2.24, 2.45) is 41.4 Å². The summed E-state index contributed by atoms with van der Waals surface area (Å²) in [6.45, 7) is 0. The molecule has 7 atom stereocenters. The van der Waals surface area contributed by atoms with Gasteiger partial charge >= 0.3 is 0 Å². The lowest BCUT2D eigenvalue weighted by Gasteiger charge is -2.51. The Labute approximate surface area is 252 Å². The van der Waals surface area contributed by atoms with E-state index in [1.165, 1.54) is 9.80 Å². The number of hydrogen-bond acceptors (Lipinski definition) is 4. The molecule has 1 saturated carbocycles. The number of benzene rings is 3. The highest BCUT2D eigenvalue weighted by Crippen LogP contribution is 2.63. The van der Waals surface area contributed by atoms with Gasteiger partial charge in [0.1, 0.15) is 0 Å². The van der Waals surface area contributed by atoms with Crippen molar-refractivity contribution in [3.63, 3.8) is 0 Å². The standard InChI is InChI=1S/C34H24Cl2N2O4/c35-18-8-4-10-20(14-18)37-31(39)25-16-24(17-6-2-1-3-7-17)26-22-12-13-23(27(26)30(25)34(37)42)29-28(22)32(40)38(33(29)41)21-11-5-9-19(36)15-21/h1-15,22-23,25,27-30H,16H2/t22-,23-,25-,27-,28-,29+,30-/m1/s1.